The van der Waals surface area contributed by atoms with Gasteiger partial charge in [0.2, 0.25) is 0 Å². The predicted molar refractivity (Wildman–Crippen MR) is 54.9 cm³/mol. The Labute approximate surface area is 82.9 Å². The first-order chi connectivity index (χ1) is 6.18. The van der Waals surface area contributed by atoms with E-state index in [4.69, 9.17) is 10.5 Å². The van der Waals surface area contributed by atoms with Crippen molar-refractivity contribution in [2.75, 3.05) is 6.61 Å². The molecule has 2 N–H and O–H groups in total. The average Bonchev–Trinajstić information content (AvgIpc) is 2.53. The van der Waals surface area contributed by atoms with Gasteiger partial charge in [-0.2, -0.15) is 0 Å². The van der Waals surface area contributed by atoms with Gasteiger partial charge in [0.25, 0.3) is 0 Å². The minimum absolute atomic E-state index is 0.0860. The van der Waals surface area contributed by atoms with Crippen LogP contribution in [0.4, 0.5) is 0 Å². The number of thiazole rings is 1. The first kappa shape index (κ1) is 10.6. The molecular weight excluding hydrogens is 184 g/mol. The summed E-state index contributed by atoms with van der Waals surface area (Å²) in [5, 5.41) is 0. The number of nitrogens with zero attached hydrogens (tertiary/aromatic N) is 1. The topological polar surface area (TPSA) is 48.1 Å². The fourth-order valence-corrected chi connectivity index (χ4v) is 1.67. The van der Waals surface area contributed by atoms with E-state index >= 15 is 0 Å². The van der Waals surface area contributed by atoms with Crippen molar-refractivity contribution in [2.24, 2.45) is 5.73 Å². The second kappa shape index (κ2) is 5.32. The molecule has 1 unspecified atom stereocenters. The van der Waals surface area contributed by atoms with Crippen molar-refractivity contribution in [3.8, 4) is 0 Å². The zero-order valence-electron chi connectivity index (χ0n) is 8.06. The van der Waals surface area contributed by atoms with Crippen LogP contribution in [0.3, 0.4) is 0 Å². The molecule has 0 aliphatic rings. The quantitative estimate of drug-likeness (QED) is 0.782. The second-order valence-corrected chi connectivity index (χ2v) is 4.28. The molecule has 4 heteroatoms. The zero-order valence-corrected chi connectivity index (χ0v) is 8.88. The van der Waals surface area contributed by atoms with E-state index in [0.29, 0.717) is 6.61 Å². The molecule has 0 aliphatic carbocycles. The lowest BCUT2D eigenvalue weighted by atomic mass is 10.2. The Kier molecular flexibility index (Phi) is 4.35. The highest BCUT2D eigenvalue weighted by molar-refractivity contribution is 7.09. The molecule has 0 aromatic carbocycles. The molecule has 1 aromatic rings. The minimum Gasteiger partial charge on any atom is -0.377 e. The largest absolute Gasteiger partial charge is 0.377 e. The first-order valence-corrected chi connectivity index (χ1v) is 5.31. The molecule has 13 heavy (non-hydrogen) atoms. The van der Waals surface area contributed by atoms with Crippen LogP contribution in [-0.2, 0) is 11.2 Å². The van der Waals surface area contributed by atoms with Crippen LogP contribution < -0.4 is 5.73 Å². The molecule has 74 valence electrons. The third kappa shape index (κ3) is 4.36. The standard InChI is InChI=1S/C9H16N2OS/c1-7(2)12-5-8(10)3-9-4-11-6-13-9/h4,6-8H,3,5,10H2,1-2H3. The SMILES string of the molecule is CC(C)OCC(N)Cc1cncs1. The second-order valence-electron chi connectivity index (χ2n) is 3.31. The normalized spacial score (nSPS) is 13.5. The maximum absolute atomic E-state index is 5.87. The average molecular weight is 200 g/mol. The highest BCUT2D eigenvalue weighted by Gasteiger charge is 2.06. The van der Waals surface area contributed by atoms with Crippen LogP contribution >= 0.6 is 11.3 Å². The minimum atomic E-state index is 0.0860. The van der Waals surface area contributed by atoms with Gasteiger partial charge < -0.3 is 10.5 Å². The number of hydrogen-bond acceptors (Lipinski definition) is 4. The molecule has 1 heterocycles. The van der Waals surface area contributed by atoms with Gasteiger partial charge in [-0.15, -0.1) is 11.3 Å². The van der Waals surface area contributed by atoms with Gasteiger partial charge in [0.1, 0.15) is 0 Å². The van der Waals surface area contributed by atoms with E-state index in [9.17, 15) is 0 Å². The molecule has 0 aliphatic heterocycles. The molecule has 1 atom stereocenters. The van der Waals surface area contributed by atoms with Crippen LogP contribution in [0.25, 0.3) is 0 Å². The van der Waals surface area contributed by atoms with Crippen LogP contribution in [0.15, 0.2) is 11.7 Å². The van der Waals surface area contributed by atoms with Crippen molar-refractivity contribution in [2.45, 2.75) is 32.4 Å². The van der Waals surface area contributed by atoms with Gasteiger partial charge in [0.15, 0.2) is 0 Å². The van der Waals surface area contributed by atoms with Crippen molar-refractivity contribution < 1.29 is 4.74 Å². The molecule has 0 amide bonds. The lowest BCUT2D eigenvalue weighted by Crippen LogP contribution is -2.29. The van der Waals surface area contributed by atoms with E-state index in [1.165, 1.54) is 4.88 Å². The monoisotopic (exact) mass is 200 g/mol. The lowest BCUT2D eigenvalue weighted by Gasteiger charge is -2.12. The Morgan fingerprint density at radius 1 is 1.62 bits per heavy atom. The molecule has 1 rings (SSSR count). The number of nitrogens with two attached hydrogens (primary N) is 1. The maximum Gasteiger partial charge on any atom is 0.0794 e. The molecule has 0 saturated carbocycles. The maximum atomic E-state index is 5.87. The first-order valence-electron chi connectivity index (χ1n) is 4.43. The van der Waals surface area contributed by atoms with Crippen LogP contribution in [0.1, 0.15) is 18.7 Å². The van der Waals surface area contributed by atoms with Crippen molar-refractivity contribution in [1.82, 2.24) is 4.98 Å². The van der Waals surface area contributed by atoms with Crippen LogP contribution in [-0.4, -0.2) is 23.7 Å². The van der Waals surface area contributed by atoms with Gasteiger partial charge >= 0.3 is 0 Å². The third-order valence-corrected chi connectivity index (χ3v) is 2.39. The van der Waals surface area contributed by atoms with E-state index in [1.807, 2.05) is 25.6 Å². The molecule has 0 bridgehead atoms. The van der Waals surface area contributed by atoms with Crippen molar-refractivity contribution in [3.05, 3.63) is 16.6 Å². The lowest BCUT2D eigenvalue weighted by molar-refractivity contribution is 0.0685. The molecule has 0 spiro atoms. The van der Waals surface area contributed by atoms with Gasteiger partial charge in [-0.1, -0.05) is 0 Å². The highest BCUT2D eigenvalue weighted by Crippen LogP contribution is 2.08. The molecule has 0 fully saturated rings. The van der Waals surface area contributed by atoms with Gasteiger partial charge in [0.05, 0.1) is 18.2 Å². The van der Waals surface area contributed by atoms with Crippen molar-refractivity contribution in [1.29, 1.82) is 0 Å². The summed E-state index contributed by atoms with van der Waals surface area (Å²) in [7, 11) is 0. The molecule has 0 saturated heterocycles. The smallest absolute Gasteiger partial charge is 0.0794 e. The summed E-state index contributed by atoms with van der Waals surface area (Å²) in [5.41, 5.74) is 7.69. The van der Waals surface area contributed by atoms with E-state index in [0.717, 1.165) is 6.42 Å². The molecule has 1 aromatic heterocycles. The van der Waals surface area contributed by atoms with Gasteiger partial charge in [-0.05, 0) is 13.8 Å². The van der Waals surface area contributed by atoms with E-state index in [2.05, 4.69) is 4.98 Å². The van der Waals surface area contributed by atoms with Gasteiger partial charge in [0, 0.05) is 23.5 Å². The third-order valence-electron chi connectivity index (χ3n) is 1.59. The molecule has 0 radical (unpaired) electrons. The summed E-state index contributed by atoms with van der Waals surface area (Å²) in [6.07, 6.45) is 2.98. The Hall–Kier alpha value is -0.450. The predicted octanol–water partition coefficient (Wildman–Crippen LogP) is 1.44. The Morgan fingerprint density at radius 3 is 2.92 bits per heavy atom. The van der Waals surface area contributed by atoms with E-state index < -0.39 is 0 Å². The fraction of sp³-hybridized carbons (Fsp3) is 0.667. The molecule has 3 nitrogen and oxygen atoms in total. The summed E-state index contributed by atoms with van der Waals surface area (Å²) >= 11 is 1.64. The Bertz CT molecular complexity index is 224. The summed E-state index contributed by atoms with van der Waals surface area (Å²) in [6, 6.07) is 0.0860. The number of rotatable bonds is 5. The highest BCUT2D eigenvalue weighted by atomic mass is 32.1. The summed E-state index contributed by atoms with van der Waals surface area (Å²) in [6.45, 7) is 4.65. The van der Waals surface area contributed by atoms with Crippen LogP contribution in [0.2, 0.25) is 0 Å². The molecular formula is C9H16N2OS. The van der Waals surface area contributed by atoms with E-state index in [1.54, 1.807) is 11.3 Å². The van der Waals surface area contributed by atoms with Gasteiger partial charge in [-0.3, -0.25) is 4.98 Å². The number of ether oxygens (including phenoxy) is 1. The van der Waals surface area contributed by atoms with Crippen molar-refractivity contribution >= 4 is 11.3 Å². The summed E-state index contributed by atoms with van der Waals surface area (Å²) in [5.74, 6) is 0. The summed E-state index contributed by atoms with van der Waals surface area (Å²) < 4.78 is 5.41. The van der Waals surface area contributed by atoms with Gasteiger partial charge in [-0.25, -0.2) is 0 Å². The Morgan fingerprint density at radius 2 is 2.38 bits per heavy atom. The Balaban J connectivity index is 2.22. The van der Waals surface area contributed by atoms with E-state index in [-0.39, 0.29) is 12.1 Å². The van der Waals surface area contributed by atoms with Crippen LogP contribution in [0, 0.1) is 0 Å². The fourth-order valence-electron chi connectivity index (χ4n) is 0.976. The zero-order chi connectivity index (χ0) is 9.68. The number of hydrogen-bond donors (Lipinski definition) is 1. The summed E-state index contributed by atoms with van der Waals surface area (Å²) in [4.78, 5) is 5.21. The van der Waals surface area contributed by atoms with Crippen molar-refractivity contribution in [3.63, 3.8) is 0 Å². The van der Waals surface area contributed by atoms with Crippen LogP contribution in [0.5, 0.6) is 0 Å². The number of aromatic nitrogens is 1.